The number of anilines is 1. The van der Waals surface area contributed by atoms with Crippen LogP contribution >= 0.6 is 24.0 Å². The summed E-state index contributed by atoms with van der Waals surface area (Å²) in [5.74, 6) is 3.83. The van der Waals surface area contributed by atoms with E-state index in [1.165, 1.54) is 0 Å². The van der Waals surface area contributed by atoms with Crippen molar-refractivity contribution in [1.29, 1.82) is 0 Å². The number of nitrogens with one attached hydrogen (secondary N) is 2. The number of guanidine groups is 1. The molecule has 4 rings (SSSR count). The topological polar surface area (TPSA) is 73.3 Å². The number of nitrogens with zero attached hydrogens (tertiary/aromatic N) is 1. The second-order valence-corrected chi connectivity index (χ2v) is 6.86. The van der Waals surface area contributed by atoms with Crippen LogP contribution < -0.4 is 29.6 Å². The van der Waals surface area contributed by atoms with E-state index in [2.05, 4.69) is 10.6 Å². The Morgan fingerprint density at radius 3 is 2.10 bits per heavy atom. The van der Waals surface area contributed by atoms with Crippen LogP contribution in [0.5, 0.6) is 23.0 Å². The molecule has 2 heterocycles. The maximum atomic E-state index is 5.77. The van der Waals surface area contributed by atoms with Crippen LogP contribution in [-0.2, 0) is 6.54 Å². The van der Waals surface area contributed by atoms with Gasteiger partial charge in [-0.2, -0.15) is 0 Å². The summed E-state index contributed by atoms with van der Waals surface area (Å²) in [6, 6.07) is 11.8. The van der Waals surface area contributed by atoms with Crippen LogP contribution in [0, 0.1) is 0 Å². The summed E-state index contributed by atoms with van der Waals surface area (Å²) in [7, 11) is 0. The van der Waals surface area contributed by atoms with Gasteiger partial charge in [-0.1, -0.05) is 6.07 Å². The fourth-order valence-electron chi connectivity index (χ4n) is 3.16. The van der Waals surface area contributed by atoms with Crippen molar-refractivity contribution in [1.82, 2.24) is 5.32 Å². The third kappa shape index (κ3) is 5.84. The van der Waals surface area contributed by atoms with E-state index in [-0.39, 0.29) is 24.0 Å². The first-order valence-corrected chi connectivity index (χ1v) is 10.2. The van der Waals surface area contributed by atoms with Crippen LogP contribution in [0.3, 0.4) is 0 Å². The molecule has 0 saturated heterocycles. The normalized spacial score (nSPS) is 15.3. The summed E-state index contributed by atoms with van der Waals surface area (Å²) >= 11 is 0. The van der Waals surface area contributed by atoms with E-state index < -0.39 is 0 Å². The lowest BCUT2D eigenvalue weighted by molar-refractivity contribution is 0.296. The van der Waals surface area contributed by atoms with Crippen LogP contribution in [0.2, 0.25) is 0 Å². The first kappa shape index (κ1) is 22.3. The minimum Gasteiger partial charge on any atom is -0.490 e. The molecule has 162 valence electrons. The zero-order valence-corrected chi connectivity index (χ0v) is 19.4. The average Bonchev–Trinajstić information content (AvgIpc) is 3.12. The van der Waals surface area contributed by atoms with Crippen molar-refractivity contribution >= 4 is 35.6 Å². The maximum Gasteiger partial charge on any atom is 0.196 e. The standard InChI is InChI=1S/C22H27N3O4.HI/c1-2-23-22(25-17-6-8-19-21(14-17)29-12-4-10-27-19)24-15-16-5-7-18-20(13-16)28-11-3-9-26-18;/h5-8,13-14H,2-4,9-12,15H2,1H3,(H2,23,24,25);1H. The highest BCUT2D eigenvalue weighted by molar-refractivity contribution is 14.0. The molecule has 0 aliphatic carbocycles. The Hall–Kier alpha value is -2.36. The molecule has 2 aliphatic rings. The molecule has 7 nitrogen and oxygen atoms in total. The molecule has 0 atom stereocenters. The Morgan fingerprint density at radius 1 is 0.833 bits per heavy atom. The molecule has 2 N–H and O–H groups in total. The molecule has 0 bridgehead atoms. The first-order chi connectivity index (χ1) is 14.3. The Bertz CT molecular complexity index is 875. The predicted octanol–water partition coefficient (Wildman–Crippen LogP) is 4.20. The quantitative estimate of drug-likeness (QED) is 0.354. The van der Waals surface area contributed by atoms with Crippen molar-refractivity contribution in [3.63, 3.8) is 0 Å². The summed E-state index contributed by atoms with van der Waals surface area (Å²) in [5.41, 5.74) is 1.96. The zero-order valence-electron chi connectivity index (χ0n) is 17.1. The molecule has 0 spiro atoms. The van der Waals surface area contributed by atoms with Gasteiger partial charge < -0.3 is 29.6 Å². The lowest BCUT2D eigenvalue weighted by Gasteiger charge is -2.14. The fraction of sp³-hybridized carbons (Fsp3) is 0.409. The Kier molecular flexibility index (Phi) is 8.30. The second kappa shape index (κ2) is 11.1. The molecular formula is C22H28IN3O4. The van der Waals surface area contributed by atoms with Gasteiger partial charge in [0.1, 0.15) is 0 Å². The monoisotopic (exact) mass is 525 g/mol. The van der Waals surface area contributed by atoms with E-state index >= 15 is 0 Å². The molecule has 2 aromatic carbocycles. The van der Waals surface area contributed by atoms with E-state index in [1.54, 1.807) is 0 Å². The third-order valence-electron chi connectivity index (χ3n) is 4.59. The molecule has 0 saturated carbocycles. The van der Waals surface area contributed by atoms with Gasteiger partial charge in [0.05, 0.1) is 33.0 Å². The van der Waals surface area contributed by atoms with Gasteiger partial charge in [-0.15, -0.1) is 24.0 Å². The van der Waals surface area contributed by atoms with E-state index in [0.717, 1.165) is 53.6 Å². The largest absolute Gasteiger partial charge is 0.490 e. The Labute approximate surface area is 194 Å². The summed E-state index contributed by atoms with van der Waals surface area (Å²) in [5, 5.41) is 6.62. The highest BCUT2D eigenvalue weighted by Crippen LogP contribution is 2.32. The van der Waals surface area contributed by atoms with Gasteiger partial charge in [0.2, 0.25) is 0 Å². The van der Waals surface area contributed by atoms with Gasteiger partial charge in [-0.3, -0.25) is 0 Å². The Balaban J connectivity index is 0.00000256. The molecule has 0 aromatic heterocycles. The van der Waals surface area contributed by atoms with Gasteiger partial charge in [0, 0.05) is 31.1 Å². The van der Waals surface area contributed by atoms with Gasteiger partial charge >= 0.3 is 0 Å². The number of ether oxygens (including phenoxy) is 4. The average molecular weight is 525 g/mol. The smallest absolute Gasteiger partial charge is 0.196 e. The summed E-state index contributed by atoms with van der Waals surface area (Å²) in [4.78, 5) is 4.71. The fourth-order valence-corrected chi connectivity index (χ4v) is 3.16. The summed E-state index contributed by atoms with van der Waals surface area (Å²) in [6.45, 7) is 6.03. The number of rotatable bonds is 4. The molecular weight excluding hydrogens is 497 g/mol. The van der Waals surface area contributed by atoms with E-state index in [9.17, 15) is 0 Å². The predicted molar refractivity (Wildman–Crippen MR) is 128 cm³/mol. The van der Waals surface area contributed by atoms with Crippen LogP contribution in [-0.4, -0.2) is 38.9 Å². The maximum absolute atomic E-state index is 5.77. The van der Waals surface area contributed by atoms with Crippen LogP contribution in [0.25, 0.3) is 0 Å². The van der Waals surface area contributed by atoms with Crippen molar-refractivity contribution in [2.24, 2.45) is 4.99 Å². The molecule has 2 aromatic rings. The molecule has 0 fully saturated rings. The molecule has 0 radical (unpaired) electrons. The highest BCUT2D eigenvalue weighted by Gasteiger charge is 2.12. The summed E-state index contributed by atoms with van der Waals surface area (Å²) < 4.78 is 22.9. The number of hydrogen-bond acceptors (Lipinski definition) is 5. The third-order valence-corrected chi connectivity index (χ3v) is 4.59. The van der Waals surface area contributed by atoms with Gasteiger partial charge in [0.25, 0.3) is 0 Å². The van der Waals surface area contributed by atoms with Crippen LogP contribution in [0.1, 0.15) is 25.3 Å². The van der Waals surface area contributed by atoms with Crippen molar-refractivity contribution in [2.45, 2.75) is 26.3 Å². The number of aliphatic imine (C=N–C) groups is 1. The SMILES string of the molecule is CCNC(=NCc1ccc2c(c1)OCCCO2)Nc1ccc2c(c1)OCCCO2.I. The van der Waals surface area contributed by atoms with Gasteiger partial charge in [-0.25, -0.2) is 4.99 Å². The minimum atomic E-state index is 0. The number of hydrogen-bond donors (Lipinski definition) is 2. The lowest BCUT2D eigenvalue weighted by atomic mass is 10.2. The number of fused-ring (bicyclic) bond motifs is 2. The van der Waals surface area contributed by atoms with Crippen molar-refractivity contribution in [3.05, 3.63) is 42.0 Å². The summed E-state index contributed by atoms with van der Waals surface area (Å²) in [6.07, 6.45) is 1.78. The highest BCUT2D eigenvalue weighted by atomic mass is 127. The molecule has 30 heavy (non-hydrogen) atoms. The second-order valence-electron chi connectivity index (χ2n) is 6.86. The molecule has 2 aliphatic heterocycles. The van der Waals surface area contributed by atoms with Crippen molar-refractivity contribution < 1.29 is 18.9 Å². The Morgan fingerprint density at radius 2 is 1.43 bits per heavy atom. The minimum absolute atomic E-state index is 0. The van der Waals surface area contributed by atoms with Crippen molar-refractivity contribution in [3.8, 4) is 23.0 Å². The van der Waals surface area contributed by atoms with Crippen LogP contribution in [0.15, 0.2) is 41.4 Å². The zero-order chi connectivity index (χ0) is 19.9. The first-order valence-electron chi connectivity index (χ1n) is 10.2. The van der Waals surface area contributed by atoms with Crippen molar-refractivity contribution in [2.75, 3.05) is 38.3 Å². The number of halogens is 1. The van der Waals surface area contributed by atoms with E-state index in [1.807, 2.05) is 43.3 Å². The van der Waals surface area contributed by atoms with E-state index in [0.29, 0.717) is 38.9 Å². The van der Waals surface area contributed by atoms with Gasteiger partial charge in [0.15, 0.2) is 29.0 Å². The molecule has 0 amide bonds. The van der Waals surface area contributed by atoms with Gasteiger partial charge in [-0.05, 0) is 36.8 Å². The lowest BCUT2D eigenvalue weighted by Crippen LogP contribution is -2.30. The van der Waals surface area contributed by atoms with Crippen LogP contribution in [0.4, 0.5) is 5.69 Å². The van der Waals surface area contributed by atoms with E-state index in [4.69, 9.17) is 23.9 Å². The molecule has 0 unspecified atom stereocenters. The number of benzene rings is 2. The molecule has 8 heteroatoms.